The minimum Gasteiger partial charge on any atom is -0.460 e. The molecule has 0 unspecified atom stereocenters. The van der Waals surface area contributed by atoms with E-state index in [1.165, 1.54) is 13.8 Å². The number of ether oxygens (including phenoxy) is 1. The van der Waals surface area contributed by atoms with Crippen LogP contribution in [0.3, 0.4) is 0 Å². The van der Waals surface area contributed by atoms with Gasteiger partial charge in [-0.15, -0.1) is 0 Å². The van der Waals surface area contributed by atoms with Crippen molar-refractivity contribution in [1.29, 1.82) is 0 Å². The first-order chi connectivity index (χ1) is 22.6. The Morgan fingerprint density at radius 3 is 2.02 bits per heavy atom. The van der Waals surface area contributed by atoms with Crippen LogP contribution in [0.5, 0.6) is 0 Å². The Labute approximate surface area is 287 Å². The molecule has 49 heavy (non-hydrogen) atoms. The molecule has 1 aromatic carbocycles. The van der Waals surface area contributed by atoms with Gasteiger partial charge in [-0.1, -0.05) is 45.9 Å². The molecular weight excluding hydrogens is 632 g/mol. The summed E-state index contributed by atoms with van der Waals surface area (Å²) in [4.78, 5) is 81.9. The molecule has 0 aliphatic carbocycles. The van der Waals surface area contributed by atoms with E-state index >= 15 is 0 Å². The highest BCUT2D eigenvalue weighted by molar-refractivity contribution is 5.98. The molecule has 4 atom stereocenters. The van der Waals surface area contributed by atoms with Gasteiger partial charge in [-0.05, 0) is 70.9 Å². The summed E-state index contributed by atoms with van der Waals surface area (Å²) in [6.07, 6.45) is 1.68. The van der Waals surface area contributed by atoms with Crippen LogP contribution in [-0.4, -0.2) is 75.8 Å². The number of hydrogen-bond donors (Lipinski definition) is 8. The van der Waals surface area contributed by atoms with Crippen molar-refractivity contribution >= 4 is 46.4 Å². The van der Waals surface area contributed by atoms with Crippen LogP contribution in [0.4, 0.5) is 0 Å². The third kappa shape index (κ3) is 12.5. The van der Waals surface area contributed by atoms with Gasteiger partial charge in [-0.25, -0.2) is 5.84 Å². The Morgan fingerprint density at radius 2 is 1.45 bits per heavy atom. The average molecular weight is 687 g/mol. The summed E-state index contributed by atoms with van der Waals surface area (Å²) in [5.74, 6) is 0.740. The molecule has 0 aliphatic rings. The van der Waals surface area contributed by atoms with Crippen molar-refractivity contribution in [2.24, 2.45) is 23.4 Å². The number of nitrogens with one attached hydrogen (secondary N) is 6. The van der Waals surface area contributed by atoms with Gasteiger partial charge in [0.25, 0.3) is 5.91 Å². The highest BCUT2D eigenvalue weighted by atomic mass is 16.6. The number of benzene rings is 1. The number of hydrazine groups is 1. The molecule has 5 amide bonds. The number of para-hydroxylation sites is 1. The number of esters is 1. The topological polar surface area (TPSA) is 240 Å². The molecule has 2 aromatic rings. The molecule has 0 aliphatic heterocycles. The van der Waals surface area contributed by atoms with Gasteiger partial charge in [0.15, 0.2) is 0 Å². The van der Waals surface area contributed by atoms with Crippen LogP contribution in [0, 0.1) is 11.8 Å². The lowest BCUT2D eigenvalue weighted by atomic mass is 9.97. The lowest BCUT2D eigenvalue weighted by Gasteiger charge is -2.32. The number of aromatic nitrogens is 1. The van der Waals surface area contributed by atoms with E-state index in [4.69, 9.17) is 16.3 Å². The Morgan fingerprint density at radius 1 is 0.837 bits per heavy atom. The van der Waals surface area contributed by atoms with Gasteiger partial charge in [0, 0.05) is 17.1 Å². The fourth-order valence-corrected chi connectivity index (χ4v) is 5.04. The predicted octanol–water partition coefficient (Wildman–Crippen LogP) is 0.811. The van der Waals surface area contributed by atoms with Crippen molar-refractivity contribution in [3.63, 3.8) is 0 Å². The Kier molecular flexibility index (Phi) is 14.3. The molecule has 10 N–H and O–H groups in total. The smallest absolute Gasteiger partial charge is 0.308 e. The first-order valence-electron chi connectivity index (χ1n) is 16.4. The molecule has 0 spiro atoms. The molecule has 0 saturated carbocycles. The number of hydrogen-bond acceptors (Lipinski definition) is 9. The molecule has 2 rings (SSSR count). The van der Waals surface area contributed by atoms with Crippen LogP contribution in [0.25, 0.3) is 10.9 Å². The molecular formula is C34H54N8O7. The zero-order valence-electron chi connectivity index (χ0n) is 30.0. The summed E-state index contributed by atoms with van der Waals surface area (Å²) in [7, 11) is 0. The number of rotatable bonds is 16. The van der Waals surface area contributed by atoms with Gasteiger partial charge >= 0.3 is 5.97 Å². The zero-order chi connectivity index (χ0) is 37.3. The molecule has 0 fully saturated rings. The summed E-state index contributed by atoms with van der Waals surface area (Å²) >= 11 is 0. The second kappa shape index (κ2) is 17.2. The van der Waals surface area contributed by atoms with E-state index in [2.05, 4.69) is 26.3 Å². The molecule has 0 saturated heterocycles. The molecule has 272 valence electrons. The predicted molar refractivity (Wildman–Crippen MR) is 185 cm³/mol. The fraction of sp³-hybridized carbons (Fsp3) is 0.588. The Bertz CT molecular complexity index is 1490. The molecule has 0 bridgehead atoms. The van der Waals surface area contributed by atoms with Gasteiger partial charge in [-0.2, -0.15) is 0 Å². The highest BCUT2D eigenvalue weighted by Gasteiger charge is 2.38. The number of carbonyl (C=O) groups excluding carboxylic acids is 6. The van der Waals surface area contributed by atoms with Crippen LogP contribution < -0.4 is 38.3 Å². The van der Waals surface area contributed by atoms with Crippen LogP contribution in [-0.2, 0) is 39.9 Å². The quantitative estimate of drug-likeness (QED) is 0.0539. The van der Waals surface area contributed by atoms with Gasteiger partial charge in [-0.3, -0.25) is 34.2 Å². The van der Waals surface area contributed by atoms with Crippen molar-refractivity contribution in [2.45, 2.75) is 117 Å². The molecule has 1 heterocycles. The number of H-pyrrole nitrogens is 1. The first-order valence-corrected chi connectivity index (χ1v) is 16.4. The van der Waals surface area contributed by atoms with Crippen molar-refractivity contribution < 1.29 is 33.5 Å². The van der Waals surface area contributed by atoms with Crippen molar-refractivity contribution in [2.75, 3.05) is 0 Å². The van der Waals surface area contributed by atoms with Crippen molar-refractivity contribution in [1.82, 2.24) is 31.7 Å². The summed E-state index contributed by atoms with van der Waals surface area (Å²) in [6.45, 7) is 15.0. The van der Waals surface area contributed by atoms with E-state index in [1.54, 1.807) is 40.8 Å². The van der Waals surface area contributed by atoms with E-state index < -0.39 is 83.2 Å². The van der Waals surface area contributed by atoms with Crippen molar-refractivity contribution in [3.05, 3.63) is 36.0 Å². The maximum atomic E-state index is 13.6. The number of carbonyl (C=O) groups is 6. The Balaban J connectivity index is 2.22. The minimum absolute atomic E-state index is 0.0565. The number of amides is 5. The lowest BCUT2D eigenvalue weighted by Crippen LogP contribution is -2.63. The van der Waals surface area contributed by atoms with Gasteiger partial charge in [0.1, 0.15) is 29.3 Å². The monoisotopic (exact) mass is 686 g/mol. The Hall–Kier alpha value is -4.50. The van der Waals surface area contributed by atoms with Crippen LogP contribution >= 0.6 is 0 Å². The maximum absolute atomic E-state index is 13.6. The normalized spacial score (nSPS) is 14.4. The largest absolute Gasteiger partial charge is 0.460 e. The van der Waals surface area contributed by atoms with E-state index in [0.29, 0.717) is 6.42 Å². The second-order valence-electron chi connectivity index (χ2n) is 14.5. The number of fused-ring (bicyclic) bond motifs is 1. The molecule has 15 heteroatoms. The van der Waals surface area contributed by atoms with E-state index in [0.717, 1.165) is 16.5 Å². The van der Waals surface area contributed by atoms with Crippen LogP contribution in [0.1, 0.15) is 80.7 Å². The third-order valence-electron chi connectivity index (χ3n) is 7.60. The summed E-state index contributed by atoms with van der Waals surface area (Å²) < 4.78 is 5.39. The van der Waals surface area contributed by atoms with Crippen molar-refractivity contribution in [3.8, 4) is 0 Å². The standard InChI is InChI=1S/C34H54N8O7/c1-18(2)14-24(30(46)42-36)39-31(47)27(19(3)4)40-32(48)34(8,9)41-29(45)25(16-26(43)49-33(5,6)7)38-28(44)22(35)15-20-17-37-23-13-11-10-12-21(20)23/h10-13,17-19,22,24-25,27,37H,14-16,35-36H2,1-9H3,(H,38,44)(H,39,47)(H,40,48)(H,41,45)(H,42,46)/t22-,24+,25-,27-/m1/s1. The van der Waals surface area contributed by atoms with Gasteiger partial charge in [0.05, 0.1) is 12.5 Å². The number of nitrogens with two attached hydrogens (primary N) is 2. The second-order valence-corrected chi connectivity index (χ2v) is 14.5. The zero-order valence-corrected chi connectivity index (χ0v) is 30.0. The summed E-state index contributed by atoms with van der Waals surface area (Å²) in [5.41, 5.74) is 7.48. The SMILES string of the molecule is CC(C)C[C@H](NC(=O)[C@H](NC(=O)C(C)(C)NC(=O)[C@@H](CC(=O)OC(C)(C)C)NC(=O)[C@H](N)Cc1c[nH]c2ccccc12)C(C)C)C(=O)NN. The van der Waals surface area contributed by atoms with Crippen LogP contribution in [0.15, 0.2) is 30.5 Å². The van der Waals surface area contributed by atoms with E-state index in [9.17, 15) is 28.8 Å². The first kappa shape index (κ1) is 40.7. The van der Waals surface area contributed by atoms with Crippen LogP contribution in [0.2, 0.25) is 0 Å². The third-order valence-corrected chi connectivity index (χ3v) is 7.60. The van der Waals surface area contributed by atoms with Gasteiger partial charge < -0.3 is 36.7 Å². The summed E-state index contributed by atoms with van der Waals surface area (Å²) in [6, 6.07) is 3.00. The average Bonchev–Trinajstić information content (AvgIpc) is 3.39. The fourth-order valence-electron chi connectivity index (χ4n) is 5.04. The lowest BCUT2D eigenvalue weighted by molar-refractivity contribution is -0.156. The van der Waals surface area contributed by atoms with Gasteiger partial charge in [0.2, 0.25) is 23.6 Å². The van der Waals surface area contributed by atoms with E-state index in [-0.39, 0.29) is 12.3 Å². The number of aromatic amines is 1. The minimum atomic E-state index is -1.63. The molecule has 15 nitrogen and oxygen atoms in total. The highest BCUT2D eigenvalue weighted by Crippen LogP contribution is 2.19. The van der Waals surface area contributed by atoms with E-state index in [1.807, 2.05) is 43.5 Å². The maximum Gasteiger partial charge on any atom is 0.308 e. The molecule has 0 radical (unpaired) electrons. The molecule has 1 aromatic heterocycles. The summed E-state index contributed by atoms with van der Waals surface area (Å²) in [5, 5.41) is 11.3.